The Balaban J connectivity index is 1.94. The average Bonchev–Trinajstić information content (AvgIpc) is 2.92. The molecule has 0 aliphatic carbocycles. The van der Waals surface area contributed by atoms with Gasteiger partial charge in [0.25, 0.3) is 0 Å². The van der Waals surface area contributed by atoms with Gasteiger partial charge in [0.05, 0.1) is 14.7 Å². The summed E-state index contributed by atoms with van der Waals surface area (Å²) in [5.74, 6) is 0.0540. The molecule has 1 aromatic carbocycles. The second-order valence-electron chi connectivity index (χ2n) is 4.19. The van der Waals surface area contributed by atoms with E-state index in [1.54, 1.807) is 11.3 Å². The smallest absolute Gasteiger partial charge is 0.228 e. The van der Waals surface area contributed by atoms with Gasteiger partial charge in [-0.15, -0.1) is 22.9 Å². The van der Waals surface area contributed by atoms with E-state index in [4.69, 9.17) is 11.6 Å². The van der Waals surface area contributed by atoms with Crippen LogP contribution in [-0.2, 0) is 11.2 Å². The van der Waals surface area contributed by atoms with Gasteiger partial charge in [0, 0.05) is 5.69 Å². The van der Waals surface area contributed by atoms with Gasteiger partial charge in [-0.1, -0.05) is 12.1 Å². The maximum Gasteiger partial charge on any atom is 0.228 e. The highest BCUT2D eigenvalue weighted by atomic mass is 127. The van der Waals surface area contributed by atoms with Crippen molar-refractivity contribution in [1.29, 1.82) is 0 Å². The summed E-state index contributed by atoms with van der Waals surface area (Å²) < 4.78 is 1.23. The summed E-state index contributed by atoms with van der Waals surface area (Å²) >= 11 is 10.5. The van der Waals surface area contributed by atoms with E-state index in [0.29, 0.717) is 6.42 Å². The van der Waals surface area contributed by atoms with Gasteiger partial charge >= 0.3 is 0 Å². The Morgan fingerprint density at radius 1 is 1.33 bits per heavy atom. The van der Waals surface area contributed by atoms with Crippen LogP contribution in [0.5, 0.6) is 0 Å². The van der Waals surface area contributed by atoms with Crippen LogP contribution in [0.15, 0.2) is 29.6 Å². The molecule has 0 radical (unpaired) electrons. The molecule has 5 heteroatoms. The van der Waals surface area contributed by atoms with Gasteiger partial charge in [0.1, 0.15) is 0 Å². The van der Waals surface area contributed by atoms with Crippen LogP contribution in [0.25, 0.3) is 0 Å². The fraction of sp³-hybridized carbons (Fsp3) is 0.154. The molecule has 2 aromatic rings. The van der Waals surface area contributed by atoms with Crippen molar-refractivity contribution in [3.05, 3.63) is 49.2 Å². The molecule has 0 spiro atoms. The largest absolute Gasteiger partial charge is 0.326 e. The van der Waals surface area contributed by atoms with Gasteiger partial charge in [-0.05, 0) is 56.8 Å². The highest BCUT2D eigenvalue weighted by Crippen LogP contribution is 2.35. The zero-order chi connectivity index (χ0) is 12.7. The highest BCUT2D eigenvalue weighted by molar-refractivity contribution is 14.1. The van der Waals surface area contributed by atoms with Gasteiger partial charge in [-0.25, -0.2) is 0 Å². The van der Waals surface area contributed by atoms with Crippen molar-refractivity contribution in [3.8, 4) is 0 Å². The lowest BCUT2D eigenvalue weighted by atomic mass is 10.0. The van der Waals surface area contributed by atoms with Crippen molar-refractivity contribution in [2.24, 2.45) is 0 Å². The maximum atomic E-state index is 11.3. The molecule has 2 heterocycles. The average molecular weight is 390 g/mol. The molecule has 1 N–H and O–H groups in total. The van der Waals surface area contributed by atoms with Gasteiger partial charge in [-0.2, -0.15) is 0 Å². The van der Waals surface area contributed by atoms with Crippen LogP contribution in [0.4, 0.5) is 5.69 Å². The lowest BCUT2D eigenvalue weighted by Crippen LogP contribution is -2.03. The topological polar surface area (TPSA) is 29.1 Å². The summed E-state index contributed by atoms with van der Waals surface area (Å²) in [7, 11) is 0. The SMILES string of the molecule is O=C1Cc2cc(C(Cl)c3csc(I)c3)ccc2N1. The maximum absolute atomic E-state index is 11.3. The van der Waals surface area contributed by atoms with Gasteiger partial charge < -0.3 is 5.32 Å². The van der Waals surface area contributed by atoms with Crippen LogP contribution in [0.3, 0.4) is 0 Å². The minimum absolute atomic E-state index is 0.0540. The number of fused-ring (bicyclic) bond motifs is 1. The Labute approximate surface area is 127 Å². The van der Waals surface area contributed by atoms with E-state index in [-0.39, 0.29) is 11.3 Å². The molecular formula is C13H9ClINOS. The molecule has 2 nitrogen and oxygen atoms in total. The minimum Gasteiger partial charge on any atom is -0.326 e. The lowest BCUT2D eigenvalue weighted by Gasteiger charge is -2.09. The van der Waals surface area contributed by atoms with E-state index < -0.39 is 0 Å². The monoisotopic (exact) mass is 389 g/mol. The summed E-state index contributed by atoms with van der Waals surface area (Å²) in [6.07, 6.45) is 0.452. The Morgan fingerprint density at radius 2 is 2.17 bits per heavy atom. The second-order valence-corrected chi connectivity index (χ2v) is 7.43. The first-order valence-electron chi connectivity index (χ1n) is 5.44. The van der Waals surface area contributed by atoms with Crippen LogP contribution >= 0.6 is 45.5 Å². The number of carbonyl (C=O) groups excluding carboxylic acids is 1. The number of amides is 1. The molecule has 0 saturated heterocycles. The van der Waals surface area contributed by atoms with Gasteiger partial charge in [0.15, 0.2) is 0 Å². The van der Waals surface area contributed by atoms with Crippen LogP contribution < -0.4 is 5.32 Å². The summed E-state index contributed by atoms with van der Waals surface area (Å²) in [6, 6.07) is 8.03. The number of anilines is 1. The van der Waals surface area contributed by atoms with Crippen LogP contribution in [-0.4, -0.2) is 5.91 Å². The number of hydrogen-bond donors (Lipinski definition) is 1. The van der Waals surface area contributed by atoms with Crippen LogP contribution in [0, 0.1) is 2.88 Å². The zero-order valence-electron chi connectivity index (χ0n) is 9.24. The molecular weight excluding hydrogens is 381 g/mol. The van der Waals surface area contributed by atoms with E-state index >= 15 is 0 Å². The number of halogens is 2. The van der Waals surface area contributed by atoms with Crippen molar-refractivity contribution in [3.63, 3.8) is 0 Å². The summed E-state index contributed by atoms with van der Waals surface area (Å²) in [5.41, 5.74) is 4.10. The fourth-order valence-corrected chi connectivity index (χ4v) is 3.79. The van der Waals surface area contributed by atoms with E-state index in [2.05, 4.69) is 39.4 Å². The third-order valence-corrected chi connectivity index (χ3v) is 5.24. The lowest BCUT2D eigenvalue weighted by molar-refractivity contribution is -0.115. The Kier molecular flexibility index (Phi) is 3.34. The van der Waals surface area contributed by atoms with Crippen LogP contribution in [0.1, 0.15) is 22.1 Å². The molecule has 92 valence electrons. The molecule has 0 saturated carbocycles. The Morgan fingerprint density at radius 3 is 2.89 bits per heavy atom. The molecule has 18 heavy (non-hydrogen) atoms. The molecule has 3 rings (SSSR count). The minimum atomic E-state index is -0.147. The second kappa shape index (κ2) is 4.83. The number of thiophene rings is 1. The number of nitrogens with one attached hydrogen (secondary N) is 1. The molecule has 1 amide bonds. The number of rotatable bonds is 2. The summed E-state index contributed by atoms with van der Waals surface area (Å²) in [4.78, 5) is 11.3. The van der Waals surface area contributed by atoms with E-state index in [1.807, 2.05) is 18.2 Å². The first-order chi connectivity index (χ1) is 8.63. The van der Waals surface area contributed by atoms with Gasteiger partial charge in [0.2, 0.25) is 5.91 Å². The van der Waals surface area contributed by atoms with E-state index in [1.165, 1.54) is 2.88 Å². The molecule has 0 bridgehead atoms. The Hall–Kier alpha value is -0.590. The quantitative estimate of drug-likeness (QED) is 0.606. The van der Waals surface area contributed by atoms with Crippen molar-refractivity contribution < 1.29 is 4.79 Å². The summed E-state index contributed by atoms with van der Waals surface area (Å²) in [6.45, 7) is 0. The number of alkyl halides is 1. The highest BCUT2D eigenvalue weighted by Gasteiger charge is 2.20. The molecule has 1 aliphatic rings. The van der Waals surface area contributed by atoms with Crippen molar-refractivity contribution >= 4 is 57.1 Å². The predicted molar refractivity (Wildman–Crippen MR) is 83.5 cm³/mol. The first-order valence-corrected chi connectivity index (χ1v) is 7.83. The predicted octanol–water partition coefficient (Wildman–Crippen LogP) is 4.18. The van der Waals surface area contributed by atoms with Crippen molar-refractivity contribution in [1.82, 2.24) is 0 Å². The molecule has 1 aliphatic heterocycles. The van der Waals surface area contributed by atoms with Crippen molar-refractivity contribution in [2.45, 2.75) is 11.8 Å². The standard InChI is InChI=1S/C13H9ClINOS/c14-13(9-4-11(15)18-6-9)7-1-2-10-8(3-7)5-12(17)16-10/h1-4,6,13H,5H2,(H,16,17). The molecule has 1 unspecified atom stereocenters. The fourth-order valence-electron chi connectivity index (χ4n) is 2.06. The molecule has 1 aromatic heterocycles. The third kappa shape index (κ3) is 2.29. The zero-order valence-corrected chi connectivity index (χ0v) is 13.0. The van der Waals surface area contributed by atoms with E-state index in [0.717, 1.165) is 22.4 Å². The first kappa shape index (κ1) is 12.4. The van der Waals surface area contributed by atoms with E-state index in [9.17, 15) is 4.79 Å². The molecule has 1 atom stereocenters. The number of hydrogen-bond acceptors (Lipinski definition) is 2. The summed E-state index contributed by atoms with van der Waals surface area (Å²) in [5, 5.41) is 4.76. The van der Waals surface area contributed by atoms with Crippen molar-refractivity contribution in [2.75, 3.05) is 5.32 Å². The Bertz CT molecular complexity index is 625. The normalized spacial score (nSPS) is 15.3. The number of benzene rings is 1. The number of carbonyl (C=O) groups is 1. The third-order valence-electron chi connectivity index (χ3n) is 2.93. The van der Waals surface area contributed by atoms with Crippen LogP contribution in [0.2, 0.25) is 0 Å². The van der Waals surface area contributed by atoms with Gasteiger partial charge in [-0.3, -0.25) is 4.79 Å². The molecule has 0 fully saturated rings.